The number of carbonyl (C=O) groups excluding carboxylic acids is 1. The molecule has 92 valence electrons. The molecule has 0 aromatic heterocycles. The lowest BCUT2D eigenvalue weighted by atomic mass is 10.2. The summed E-state index contributed by atoms with van der Waals surface area (Å²) < 4.78 is 5.10. The normalized spacial score (nSPS) is 14.2. The SMILES string of the molecule is COc1cc(N)cc(NCC(=O)NC2CC2)c1. The second-order valence-electron chi connectivity index (χ2n) is 4.19. The maximum absolute atomic E-state index is 11.5. The number of hydrogen-bond acceptors (Lipinski definition) is 4. The molecule has 17 heavy (non-hydrogen) atoms. The smallest absolute Gasteiger partial charge is 0.239 e. The number of anilines is 2. The first-order valence-electron chi connectivity index (χ1n) is 5.65. The molecule has 5 nitrogen and oxygen atoms in total. The lowest BCUT2D eigenvalue weighted by molar-refractivity contribution is -0.119. The molecule has 0 aliphatic heterocycles. The van der Waals surface area contributed by atoms with Crippen molar-refractivity contribution in [3.05, 3.63) is 18.2 Å². The molecule has 1 aliphatic rings. The number of carbonyl (C=O) groups is 1. The van der Waals surface area contributed by atoms with Crippen molar-refractivity contribution in [3.63, 3.8) is 0 Å². The largest absolute Gasteiger partial charge is 0.497 e. The molecule has 0 atom stereocenters. The van der Waals surface area contributed by atoms with E-state index in [2.05, 4.69) is 10.6 Å². The van der Waals surface area contributed by atoms with Crippen molar-refractivity contribution < 1.29 is 9.53 Å². The van der Waals surface area contributed by atoms with Crippen LogP contribution in [0, 0.1) is 0 Å². The van der Waals surface area contributed by atoms with Gasteiger partial charge in [-0.25, -0.2) is 0 Å². The van der Waals surface area contributed by atoms with E-state index in [1.807, 2.05) is 0 Å². The summed E-state index contributed by atoms with van der Waals surface area (Å²) in [6.45, 7) is 0.253. The molecule has 0 saturated heterocycles. The second-order valence-corrected chi connectivity index (χ2v) is 4.19. The molecule has 1 aromatic rings. The third kappa shape index (κ3) is 3.55. The summed E-state index contributed by atoms with van der Waals surface area (Å²) in [6.07, 6.45) is 2.19. The minimum atomic E-state index is 0.00823. The molecule has 0 unspecified atom stereocenters. The Morgan fingerprint density at radius 2 is 2.24 bits per heavy atom. The highest BCUT2D eigenvalue weighted by Gasteiger charge is 2.22. The van der Waals surface area contributed by atoms with E-state index in [1.165, 1.54) is 0 Å². The van der Waals surface area contributed by atoms with E-state index in [0.29, 0.717) is 17.5 Å². The predicted molar refractivity (Wildman–Crippen MR) is 67.1 cm³/mol. The van der Waals surface area contributed by atoms with Crippen LogP contribution >= 0.6 is 0 Å². The highest BCUT2D eigenvalue weighted by Crippen LogP contribution is 2.22. The first-order valence-corrected chi connectivity index (χ1v) is 5.65. The topological polar surface area (TPSA) is 76.4 Å². The van der Waals surface area contributed by atoms with Gasteiger partial charge in [-0.2, -0.15) is 0 Å². The van der Waals surface area contributed by atoms with E-state index in [-0.39, 0.29) is 12.5 Å². The summed E-state index contributed by atoms with van der Waals surface area (Å²) in [7, 11) is 1.58. The van der Waals surface area contributed by atoms with Crippen LogP contribution in [0.3, 0.4) is 0 Å². The standard InChI is InChI=1S/C12H17N3O2/c1-17-11-5-8(13)4-10(6-11)14-7-12(16)15-9-2-3-9/h4-6,9,14H,2-3,7,13H2,1H3,(H,15,16). The molecule has 0 spiro atoms. The van der Waals surface area contributed by atoms with E-state index < -0.39 is 0 Å². The quantitative estimate of drug-likeness (QED) is 0.665. The fourth-order valence-electron chi connectivity index (χ4n) is 1.53. The Labute approximate surface area is 100 Å². The van der Waals surface area contributed by atoms with Crippen LogP contribution in [-0.4, -0.2) is 25.6 Å². The Kier molecular flexibility index (Phi) is 3.37. The molecule has 4 N–H and O–H groups in total. The molecule has 1 aliphatic carbocycles. The molecular formula is C12H17N3O2. The molecule has 1 saturated carbocycles. The molecule has 1 aromatic carbocycles. The molecule has 1 fully saturated rings. The summed E-state index contributed by atoms with van der Waals surface area (Å²) in [4.78, 5) is 11.5. The highest BCUT2D eigenvalue weighted by atomic mass is 16.5. The monoisotopic (exact) mass is 235 g/mol. The summed E-state index contributed by atoms with van der Waals surface area (Å²) in [5.74, 6) is 0.684. The van der Waals surface area contributed by atoms with Crippen LogP contribution < -0.4 is 21.1 Å². The summed E-state index contributed by atoms with van der Waals surface area (Å²) in [5, 5.41) is 5.92. The van der Waals surface area contributed by atoms with Gasteiger partial charge in [0.25, 0.3) is 0 Å². The number of nitrogens with one attached hydrogen (secondary N) is 2. The van der Waals surface area contributed by atoms with Crippen molar-refractivity contribution in [3.8, 4) is 5.75 Å². The lowest BCUT2D eigenvalue weighted by Gasteiger charge is -2.09. The van der Waals surface area contributed by atoms with Crippen LogP contribution in [-0.2, 0) is 4.79 Å². The lowest BCUT2D eigenvalue weighted by Crippen LogP contribution is -2.31. The molecular weight excluding hydrogens is 218 g/mol. The van der Waals surface area contributed by atoms with Crippen molar-refractivity contribution >= 4 is 17.3 Å². The number of methoxy groups -OCH3 is 1. The van der Waals surface area contributed by atoms with Gasteiger partial charge in [-0.3, -0.25) is 4.79 Å². The van der Waals surface area contributed by atoms with Gasteiger partial charge in [0, 0.05) is 29.5 Å². The number of rotatable bonds is 5. The summed E-state index contributed by atoms with van der Waals surface area (Å²) in [6, 6.07) is 5.70. The minimum Gasteiger partial charge on any atom is -0.497 e. The molecule has 5 heteroatoms. The zero-order chi connectivity index (χ0) is 12.3. The Hall–Kier alpha value is -1.91. The fraction of sp³-hybridized carbons (Fsp3) is 0.417. The van der Waals surface area contributed by atoms with E-state index in [1.54, 1.807) is 25.3 Å². The van der Waals surface area contributed by atoms with E-state index >= 15 is 0 Å². The van der Waals surface area contributed by atoms with Gasteiger partial charge < -0.3 is 21.1 Å². The molecule has 0 radical (unpaired) electrons. The zero-order valence-corrected chi connectivity index (χ0v) is 9.82. The van der Waals surface area contributed by atoms with Crippen molar-refractivity contribution in [1.82, 2.24) is 5.32 Å². The van der Waals surface area contributed by atoms with Crippen LogP contribution in [0.15, 0.2) is 18.2 Å². The van der Waals surface area contributed by atoms with Gasteiger partial charge in [-0.05, 0) is 18.9 Å². The van der Waals surface area contributed by atoms with Crippen molar-refractivity contribution in [2.45, 2.75) is 18.9 Å². The first kappa shape index (κ1) is 11.6. The van der Waals surface area contributed by atoms with Crippen LogP contribution in [0.1, 0.15) is 12.8 Å². The maximum atomic E-state index is 11.5. The van der Waals surface area contributed by atoms with Gasteiger partial charge >= 0.3 is 0 Å². The molecule has 1 amide bonds. The van der Waals surface area contributed by atoms with Crippen LogP contribution in [0.5, 0.6) is 5.75 Å². The fourth-order valence-corrected chi connectivity index (χ4v) is 1.53. The Morgan fingerprint density at radius 3 is 2.88 bits per heavy atom. The van der Waals surface area contributed by atoms with Gasteiger partial charge in [0.1, 0.15) is 5.75 Å². The molecule has 0 bridgehead atoms. The van der Waals surface area contributed by atoms with Crippen LogP contribution in [0.25, 0.3) is 0 Å². The minimum absolute atomic E-state index is 0.00823. The number of ether oxygens (including phenoxy) is 1. The van der Waals surface area contributed by atoms with Gasteiger partial charge in [0.2, 0.25) is 5.91 Å². The second kappa shape index (κ2) is 4.95. The molecule has 0 heterocycles. The Morgan fingerprint density at radius 1 is 1.47 bits per heavy atom. The molecule has 2 rings (SSSR count). The van der Waals surface area contributed by atoms with Gasteiger partial charge in [-0.15, -0.1) is 0 Å². The van der Waals surface area contributed by atoms with Crippen LogP contribution in [0.4, 0.5) is 11.4 Å². The number of nitrogen functional groups attached to an aromatic ring is 1. The Bertz CT molecular complexity index is 416. The van der Waals surface area contributed by atoms with Crippen molar-refractivity contribution in [2.24, 2.45) is 0 Å². The zero-order valence-electron chi connectivity index (χ0n) is 9.82. The third-order valence-corrected chi connectivity index (χ3v) is 2.56. The number of amides is 1. The van der Waals surface area contributed by atoms with E-state index in [4.69, 9.17) is 10.5 Å². The number of benzene rings is 1. The predicted octanol–water partition coefficient (Wildman–Crippen LogP) is 0.968. The number of hydrogen-bond donors (Lipinski definition) is 3. The van der Waals surface area contributed by atoms with E-state index in [0.717, 1.165) is 18.5 Å². The van der Waals surface area contributed by atoms with Gasteiger partial charge in [-0.1, -0.05) is 0 Å². The Balaban J connectivity index is 1.88. The highest BCUT2D eigenvalue weighted by molar-refractivity contribution is 5.81. The average molecular weight is 235 g/mol. The maximum Gasteiger partial charge on any atom is 0.239 e. The number of nitrogens with two attached hydrogens (primary N) is 1. The van der Waals surface area contributed by atoms with E-state index in [9.17, 15) is 4.79 Å². The summed E-state index contributed by atoms with van der Waals surface area (Å²) >= 11 is 0. The first-order chi connectivity index (χ1) is 8.17. The van der Waals surface area contributed by atoms with Crippen molar-refractivity contribution in [1.29, 1.82) is 0 Å². The van der Waals surface area contributed by atoms with Gasteiger partial charge in [0.05, 0.1) is 13.7 Å². The third-order valence-electron chi connectivity index (χ3n) is 2.56. The average Bonchev–Trinajstić information content (AvgIpc) is 3.09. The summed E-state index contributed by atoms with van der Waals surface area (Å²) in [5.41, 5.74) is 7.10. The van der Waals surface area contributed by atoms with Crippen LogP contribution in [0.2, 0.25) is 0 Å². The van der Waals surface area contributed by atoms with Crippen molar-refractivity contribution in [2.75, 3.05) is 24.7 Å². The van der Waals surface area contributed by atoms with Gasteiger partial charge in [0.15, 0.2) is 0 Å².